The van der Waals surface area contributed by atoms with Crippen molar-refractivity contribution in [2.45, 2.75) is 13.8 Å². The molecule has 17 heavy (non-hydrogen) atoms. The Morgan fingerprint density at radius 1 is 1.06 bits per heavy atom. The van der Waals surface area contributed by atoms with Crippen molar-refractivity contribution < 1.29 is 4.74 Å². The van der Waals surface area contributed by atoms with Gasteiger partial charge in [-0.05, 0) is 60.4 Å². The highest BCUT2D eigenvalue weighted by Crippen LogP contribution is 2.30. The molecule has 2 aromatic carbocycles. The highest BCUT2D eigenvalue weighted by Gasteiger charge is 2.06. The number of nitrogen functional groups attached to an aromatic ring is 1. The third kappa shape index (κ3) is 2.26. The van der Waals surface area contributed by atoms with Crippen molar-refractivity contribution in [1.29, 1.82) is 0 Å². The average Bonchev–Trinajstić information content (AvgIpc) is 2.34. The van der Waals surface area contributed by atoms with Crippen molar-refractivity contribution in [2.75, 3.05) is 12.8 Å². The summed E-state index contributed by atoms with van der Waals surface area (Å²) in [6.45, 7) is 4.19. The molecule has 2 rings (SSSR count). The van der Waals surface area contributed by atoms with Gasteiger partial charge in [0.25, 0.3) is 0 Å². The van der Waals surface area contributed by atoms with Gasteiger partial charge in [0, 0.05) is 5.69 Å². The Kier molecular flexibility index (Phi) is 3.05. The number of anilines is 1. The number of ether oxygens (including phenoxy) is 1. The molecule has 0 fully saturated rings. The van der Waals surface area contributed by atoms with Gasteiger partial charge >= 0.3 is 0 Å². The number of rotatable bonds is 2. The van der Waals surface area contributed by atoms with Crippen LogP contribution in [0.2, 0.25) is 0 Å². The Morgan fingerprint density at radius 3 is 2.53 bits per heavy atom. The Morgan fingerprint density at radius 2 is 1.82 bits per heavy atom. The van der Waals surface area contributed by atoms with Gasteiger partial charge in [-0.3, -0.25) is 0 Å². The summed E-state index contributed by atoms with van der Waals surface area (Å²) in [6, 6.07) is 12.0. The summed E-state index contributed by atoms with van der Waals surface area (Å²) in [6.07, 6.45) is 0. The molecule has 0 unspecified atom stereocenters. The van der Waals surface area contributed by atoms with Crippen molar-refractivity contribution in [2.24, 2.45) is 0 Å². The molecular formula is C15H17NO. The standard InChI is InChI=1S/C15H17NO/c1-10-7-13(16)9-15(11(10)2)12-5-4-6-14(8-12)17-3/h4-9H,16H2,1-3H3. The van der Waals surface area contributed by atoms with Gasteiger partial charge in [0.2, 0.25) is 0 Å². The topological polar surface area (TPSA) is 35.2 Å². The van der Waals surface area contributed by atoms with Gasteiger partial charge in [-0.2, -0.15) is 0 Å². The molecule has 0 aromatic heterocycles. The Labute approximate surface area is 102 Å². The van der Waals surface area contributed by atoms with Gasteiger partial charge in [0.15, 0.2) is 0 Å². The molecular weight excluding hydrogens is 210 g/mol. The van der Waals surface area contributed by atoms with Gasteiger partial charge < -0.3 is 10.5 Å². The summed E-state index contributed by atoms with van der Waals surface area (Å²) in [5.41, 5.74) is 11.5. The molecule has 0 aliphatic rings. The molecule has 0 bridgehead atoms. The second kappa shape index (κ2) is 4.50. The van der Waals surface area contributed by atoms with Crippen molar-refractivity contribution in [3.05, 3.63) is 47.5 Å². The lowest BCUT2D eigenvalue weighted by atomic mass is 9.96. The minimum Gasteiger partial charge on any atom is -0.497 e. The van der Waals surface area contributed by atoms with Gasteiger partial charge in [-0.1, -0.05) is 12.1 Å². The minimum absolute atomic E-state index is 0.797. The van der Waals surface area contributed by atoms with Crippen LogP contribution in [0.25, 0.3) is 11.1 Å². The number of methoxy groups -OCH3 is 1. The largest absolute Gasteiger partial charge is 0.497 e. The fraction of sp³-hybridized carbons (Fsp3) is 0.200. The highest BCUT2D eigenvalue weighted by molar-refractivity contribution is 5.73. The quantitative estimate of drug-likeness (QED) is 0.796. The third-order valence-corrected chi connectivity index (χ3v) is 3.07. The zero-order chi connectivity index (χ0) is 12.4. The van der Waals surface area contributed by atoms with Crippen LogP contribution in [-0.4, -0.2) is 7.11 Å². The van der Waals surface area contributed by atoms with Crippen molar-refractivity contribution >= 4 is 5.69 Å². The maximum Gasteiger partial charge on any atom is 0.119 e. The Bertz CT molecular complexity index is 547. The van der Waals surface area contributed by atoms with Crippen molar-refractivity contribution in [3.8, 4) is 16.9 Å². The van der Waals surface area contributed by atoms with E-state index in [0.29, 0.717) is 0 Å². The first kappa shape index (κ1) is 11.5. The van der Waals surface area contributed by atoms with E-state index in [2.05, 4.69) is 19.9 Å². The monoisotopic (exact) mass is 227 g/mol. The maximum absolute atomic E-state index is 5.90. The van der Waals surface area contributed by atoms with E-state index in [1.807, 2.05) is 30.3 Å². The molecule has 0 saturated heterocycles. The lowest BCUT2D eigenvalue weighted by Crippen LogP contribution is -1.93. The van der Waals surface area contributed by atoms with Crippen LogP contribution in [0, 0.1) is 13.8 Å². The smallest absolute Gasteiger partial charge is 0.119 e. The summed E-state index contributed by atoms with van der Waals surface area (Å²) in [7, 11) is 1.68. The fourth-order valence-electron chi connectivity index (χ4n) is 1.98. The summed E-state index contributed by atoms with van der Waals surface area (Å²) in [4.78, 5) is 0. The van der Waals surface area contributed by atoms with E-state index in [-0.39, 0.29) is 0 Å². The fourth-order valence-corrected chi connectivity index (χ4v) is 1.98. The summed E-state index contributed by atoms with van der Waals surface area (Å²) < 4.78 is 5.25. The number of benzene rings is 2. The van der Waals surface area contributed by atoms with Crippen LogP contribution >= 0.6 is 0 Å². The zero-order valence-electron chi connectivity index (χ0n) is 10.4. The SMILES string of the molecule is COc1cccc(-c2cc(N)cc(C)c2C)c1. The van der Waals surface area contributed by atoms with E-state index < -0.39 is 0 Å². The van der Waals surface area contributed by atoms with Crippen molar-refractivity contribution in [1.82, 2.24) is 0 Å². The molecule has 0 aliphatic heterocycles. The van der Waals surface area contributed by atoms with Crippen molar-refractivity contribution in [3.63, 3.8) is 0 Å². The molecule has 0 aliphatic carbocycles. The second-order valence-electron chi connectivity index (χ2n) is 4.24. The molecule has 0 heterocycles. The number of hydrogen-bond acceptors (Lipinski definition) is 2. The number of nitrogens with two attached hydrogens (primary N) is 1. The molecule has 0 saturated carbocycles. The first-order valence-corrected chi connectivity index (χ1v) is 5.63. The van der Waals surface area contributed by atoms with E-state index in [0.717, 1.165) is 17.0 Å². The Balaban J connectivity index is 2.59. The van der Waals surface area contributed by atoms with E-state index in [1.54, 1.807) is 7.11 Å². The highest BCUT2D eigenvalue weighted by atomic mass is 16.5. The normalized spacial score (nSPS) is 10.3. The molecule has 88 valence electrons. The van der Waals surface area contributed by atoms with E-state index in [1.165, 1.54) is 16.7 Å². The van der Waals surface area contributed by atoms with Crippen LogP contribution in [0.5, 0.6) is 5.75 Å². The number of hydrogen-bond donors (Lipinski definition) is 1. The minimum atomic E-state index is 0.797. The molecule has 0 spiro atoms. The molecule has 2 heteroatoms. The lowest BCUT2D eigenvalue weighted by molar-refractivity contribution is 0.415. The van der Waals surface area contributed by atoms with Crippen LogP contribution in [0.3, 0.4) is 0 Å². The summed E-state index contributed by atoms with van der Waals surface area (Å²) in [5, 5.41) is 0. The molecule has 0 amide bonds. The lowest BCUT2D eigenvalue weighted by Gasteiger charge is -2.11. The predicted octanol–water partition coefficient (Wildman–Crippen LogP) is 3.56. The molecule has 2 aromatic rings. The van der Waals surface area contributed by atoms with Crippen LogP contribution in [0.1, 0.15) is 11.1 Å². The van der Waals surface area contributed by atoms with Gasteiger partial charge in [-0.25, -0.2) is 0 Å². The van der Waals surface area contributed by atoms with Gasteiger partial charge in [-0.15, -0.1) is 0 Å². The van der Waals surface area contributed by atoms with Crippen LogP contribution < -0.4 is 10.5 Å². The van der Waals surface area contributed by atoms with Gasteiger partial charge in [0.1, 0.15) is 5.75 Å². The molecule has 2 nitrogen and oxygen atoms in total. The third-order valence-electron chi connectivity index (χ3n) is 3.07. The second-order valence-corrected chi connectivity index (χ2v) is 4.24. The van der Waals surface area contributed by atoms with E-state index in [9.17, 15) is 0 Å². The van der Waals surface area contributed by atoms with E-state index >= 15 is 0 Å². The average molecular weight is 227 g/mol. The maximum atomic E-state index is 5.90. The molecule has 0 radical (unpaired) electrons. The zero-order valence-corrected chi connectivity index (χ0v) is 10.4. The molecule has 0 atom stereocenters. The Hall–Kier alpha value is -1.96. The predicted molar refractivity (Wildman–Crippen MR) is 72.3 cm³/mol. The van der Waals surface area contributed by atoms with Crippen LogP contribution in [-0.2, 0) is 0 Å². The molecule has 2 N–H and O–H groups in total. The summed E-state index contributed by atoms with van der Waals surface area (Å²) >= 11 is 0. The summed E-state index contributed by atoms with van der Waals surface area (Å²) in [5.74, 6) is 0.863. The first-order valence-electron chi connectivity index (χ1n) is 5.63. The van der Waals surface area contributed by atoms with Crippen LogP contribution in [0.4, 0.5) is 5.69 Å². The van der Waals surface area contributed by atoms with Gasteiger partial charge in [0.05, 0.1) is 7.11 Å². The van der Waals surface area contributed by atoms with E-state index in [4.69, 9.17) is 10.5 Å². The first-order chi connectivity index (χ1) is 8.11. The van der Waals surface area contributed by atoms with Crippen LogP contribution in [0.15, 0.2) is 36.4 Å². The number of aryl methyl sites for hydroxylation is 1.